The average molecular weight is 322 g/mol. The number of hydrogen-bond acceptors (Lipinski definition) is 5. The fourth-order valence-electron chi connectivity index (χ4n) is 2.54. The second-order valence-corrected chi connectivity index (χ2v) is 7.97. The molecule has 0 spiro atoms. The van der Waals surface area contributed by atoms with Crippen LogP contribution < -0.4 is 5.32 Å². The number of aliphatic hydroxyl groups excluding tert-OH is 1. The van der Waals surface area contributed by atoms with Gasteiger partial charge in [0.25, 0.3) is 0 Å². The summed E-state index contributed by atoms with van der Waals surface area (Å²) in [6, 6.07) is 4.27. The van der Waals surface area contributed by atoms with E-state index in [1.807, 2.05) is 35.0 Å². The highest BCUT2D eigenvalue weighted by Crippen LogP contribution is 2.38. The molecule has 1 fully saturated rings. The van der Waals surface area contributed by atoms with Gasteiger partial charge in [0, 0.05) is 34.5 Å². The molecule has 2 unspecified atom stereocenters. The van der Waals surface area contributed by atoms with Gasteiger partial charge < -0.3 is 10.4 Å². The van der Waals surface area contributed by atoms with Crippen molar-refractivity contribution in [2.24, 2.45) is 0 Å². The van der Waals surface area contributed by atoms with Gasteiger partial charge in [0.2, 0.25) is 0 Å². The summed E-state index contributed by atoms with van der Waals surface area (Å²) >= 11 is 3.46. The number of hydrogen-bond donors (Lipinski definition) is 2. The fourth-order valence-corrected chi connectivity index (χ4v) is 4.30. The minimum Gasteiger partial charge on any atom is -0.388 e. The standard InChI is InChI=1S/C16H22N2OS2/c1-11(8-14(19)15-6-3-7-20-15)17-9-13-10-18-16(21-13)12-4-2-5-12/h3,6-7,10-12,14,17,19H,2,4-5,8-9H2,1H3. The Morgan fingerprint density at radius 2 is 2.33 bits per heavy atom. The quantitative estimate of drug-likeness (QED) is 0.807. The summed E-state index contributed by atoms with van der Waals surface area (Å²) in [5.41, 5.74) is 0. The third-order valence-corrected chi connectivity index (χ3v) is 6.23. The van der Waals surface area contributed by atoms with Crippen molar-refractivity contribution in [1.29, 1.82) is 0 Å². The molecule has 3 nitrogen and oxygen atoms in total. The minimum absolute atomic E-state index is 0.288. The molecule has 2 N–H and O–H groups in total. The molecule has 2 atom stereocenters. The lowest BCUT2D eigenvalue weighted by Crippen LogP contribution is -2.26. The topological polar surface area (TPSA) is 45.1 Å². The molecule has 2 heterocycles. The van der Waals surface area contributed by atoms with Gasteiger partial charge in [-0.2, -0.15) is 0 Å². The smallest absolute Gasteiger partial charge is 0.0959 e. The molecule has 114 valence electrons. The normalized spacial score (nSPS) is 18.4. The number of thiazole rings is 1. The molecule has 3 rings (SSSR count). The number of nitrogens with one attached hydrogen (secondary N) is 1. The van der Waals surface area contributed by atoms with E-state index in [4.69, 9.17) is 0 Å². The highest BCUT2D eigenvalue weighted by molar-refractivity contribution is 7.11. The zero-order valence-corrected chi connectivity index (χ0v) is 13.9. The first kappa shape index (κ1) is 15.2. The first-order valence-electron chi connectivity index (χ1n) is 7.62. The van der Waals surface area contributed by atoms with Crippen LogP contribution in [0.2, 0.25) is 0 Å². The molecule has 0 aromatic carbocycles. The molecule has 1 saturated carbocycles. The van der Waals surface area contributed by atoms with E-state index in [1.165, 1.54) is 29.1 Å². The molecule has 5 heteroatoms. The molecule has 0 amide bonds. The SMILES string of the molecule is CC(CC(O)c1cccs1)NCc1cnc(C2CCC2)s1. The molecular formula is C16H22N2OS2. The molecule has 1 aliphatic rings. The van der Waals surface area contributed by atoms with E-state index in [9.17, 15) is 5.11 Å². The van der Waals surface area contributed by atoms with Crippen LogP contribution in [0.3, 0.4) is 0 Å². The van der Waals surface area contributed by atoms with E-state index in [-0.39, 0.29) is 12.1 Å². The highest BCUT2D eigenvalue weighted by Gasteiger charge is 2.22. The molecule has 0 aliphatic heterocycles. The van der Waals surface area contributed by atoms with E-state index in [1.54, 1.807) is 11.3 Å². The van der Waals surface area contributed by atoms with E-state index >= 15 is 0 Å². The summed E-state index contributed by atoms with van der Waals surface area (Å²) in [4.78, 5) is 6.90. The molecule has 0 saturated heterocycles. The van der Waals surface area contributed by atoms with Crippen LogP contribution >= 0.6 is 22.7 Å². The van der Waals surface area contributed by atoms with Crippen LogP contribution in [0.25, 0.3) is 0 Å². The lowest BCUT2D eigenvalue weighted by molar-refractivity contribution is 0.157. The third kappa shape index (κ3) is 3.92. The Hall–Kier alpha value is -0.750. The van der Waals surface area contributed by atoms with Crippen molar-refractivity contribution in [3.63, 3.8) is 0 Å². The van der Waals surface area contributed by atoms with E-state index in [2.05, 4.69) is 17.2 Å². The maximum atomic E-state index is 10.2. The lowest BCUT2D eigenvalue weighted by atomic mass is 9.86. The van der Waals surface area contributed by atoms with Gasteiger partial charge in [-0.05, 0) is 37.6 Å². The minimum atomic E-state index is -0.362. The molecular weight excluding hydrogens is 300 g/mol. The molecule has 2 aromatic heterocycles. The Morgan fingerprint density at radius 1 is 1.48 bits per heavy atom. The van der Waals surface area contributed by atoms with Crippen molar-refractivity contribution in [3.05, 3.63) is 38.5 Å². The average Bonchev–Trinajstić information content (AvgIpc) is 3.05. The third-order valence-electron chi connectivity index (χ3n) is 4.10. The van der Waals surface area contributed by atoms with Gasteiger partial charge in [-0.3, -0.25) is 0 Å². The Morgan fingerprint density at radius 3 is 3.00 bits per heavy atom. The monoisotopic (exact) mass is 322 g/mol. The number of nitrogens with zero attached hydrogens (tertiary/aromatic N) is 1. The van der Waals surface area contributed by atoms with Crippen LogP contribution in [0, 0.1) is 0 Å². The first-order chi connectivity index (χ1) is 10.2. The van der Waals surface area contributed by atoms with Crippen LogP contribution in [0.5, 0.6) is 0 Å². The largest absolute Gasteiger partial charge is 0.388 e. The van der Waals surface area contributed by atoms with E-state index in [0.29, 0.717) is 0 Å². The van der Waals surface area contributed by atoms with Gasteiger partial charge in [0.05, 0.1) is 11.1 Å². The highest BCUT2D eigenvalue weighted by atomic mass is 32.1. The summed E-state index contributed by atoms with van der Waals surface area (Å²) in [6.45, 7) is 2.98. The first-order valence-corrected chi connectivity index (χ1v) is 9.31. The number of aromatic nitrogens is 1. The number of rotatable bonds is 7. The molecule has 2 aromatic rings. The van der Waals surface area contributed by atoms with Gasteiger partial charge in [0.15, 0.2) is 0 Å². The zero-order chi connectivity index (χ0) is 14.7. The fraction of sp³-hybridized carbons (Fsp3) is 0.562. The summed E-state index contributed by atoms with van der Waals surface area (Å²) in [5, 5.41) is 17.0. The van der Waals surface area contributed by atoms with Crippen LogP contribution in [0.4, 0.5) is 0 Å². The van der Waals surface area contributed by atoms with Crippen molar-refractivity contribution >= 4 is 22.7 Å². The van der Waals surface area contributed by atoms with Crippen molar-refractivity contribution in [2.45, 2.75) is 57.2 Å². The van der Waals surface area contributed by atoms with E-state index < -0.39 is 0 Å². The second-order valence-electron chi connectivity index (χ2n) is 5.84. The van der Waals surface area contributed by atoms with Crippen LogP contribution in [-0.2, 0) is 6.54 Å². The Bertz CT molecular complexity index is 548. The van der Waals surface area contributed by atoms with Crippen molar-refractivity contribution in [3.8, 4) is 0 Å². The van der Waals surface area contributed by atoms with Gasteiger partial charge >= 0.3 is 0 Å². The molecule has 0 radical (unpaired) electrons. The van der Waals surface area contributed by atoms with Crippen molar-refractivity contribution < 1.29 is 5.11 Å². The predicted octanol–water partition coefficient (Wildman–Crippen LogP) is 4.07. The van der Waals surface area contributed by atoms with Gasteiger partial charge in [0.1, 0.15) is 0 Å². The summed E-state index contributed by atoms with van der Waals surface area (Å²) < 4.78 is 0. The number of aliphatic hydroxyl groups is 1. The predicted molar refractivity (Wildman–Crippen MR) is 88.9 cm³/mol. The van der Waals surface area contributed by atoms with Crippen LogP contribution in [0.1, 0.15) is 59.4 Å². The molecule has 1 aliphatic carbocycles. The Kier molecular flexibility index (Phi) is 5.06. The maximum absolute atomic E-state index is 10.2. The molecule has 21 heavy (non-hydrogen) atoms. The van der Waals surface area contributed by atoms with Gasteiger partial charge in [-0.25, -0.2) is 4.98 Å². The van der Waals surface area contributed by atoms with Gasteiger partial charge in [-0.1, -0.05) is 12.5 Å². The van der Waals surface area contributed by atoms with Crippen molar-refractivity contribution in [2.75, 3.05) is 0 Å². The van der Waals surface area contributed by atoms with Gasteiger partial charge in [-0.15, -0.1) is 22.7 Å². The van der Waals surface area contributed by atoms with Crippen molar-refractivity contribution in [1.82, 2.24) is 10.3 Å². The van der Waals surface area contributed by atoms with Crippen LogP contribution in [-0.4, -0.2) is 16.1 Å². The Labute approximate surface area is 134 Å². The summed E-state index contributed by atoms with van der Waals surface area (Å²) in [5.74, 6) is 0.724. The Balaban J connectivity index is 1.44. The zero-order valence-electron chi connectivity index (χ0n) is 12.3. The molecule has 0 bridgehead atoms. The summed E-state index contributed by atoms with van der Waals surface area (Å²) in [7, 11) is 0. The summed E-state index contributed by atoms with van der Waals surface area (Å²) in [6.07, 6.45) is 6.37. The van der Waals surface area contributed by atoms with Crippen LogP contribution in [0.15, 0.2) is 23.7 Å². The second kappa shape index (κ2) is 7.01. The lowest BCUT2D eigenvalue weighted by Gasteiger charge is -2.22. The number of thiophene rings is 1. The van der Waals surface area contributed by atoms with E-state index in [0.717, 1.165) is 23.8 Å². The maximum Gasteiger partial charge on any atom is 0.0959 e.